The van der Waals surface area contributed by atoms with Gasteiger partial charge in [0.2, 0.25) is 0 Å². The third-order valence-electron chi connectivity index (χ3n) is 3.41. The Balaban J connectivity index is 1.95. The lowest BCUT2D eigenvalue weighted by molar-refractivity contribution is 0.0557. The van der Waals surface area contributed by atoms with Crippen molar-refractivity contribution in [2.45, 2.75) is 37.8 Å². The van der Waals surface area contributed by atoms with Gasteiger partial charge in [-0.15, -0.1) is 0 Å². The zero-order valence-corrected chi connectivity index (χ0v) is 7.61. The van der Waals surface area contributed by atoms with Crippen molar-refractivity contribution < 1.29 is 9.53 Å². The zero-order chi connectivity index (χ0) is 9.42. The Kier molecular flexibility index (Phi) is 2.15. The summed E-state index contributed by atoms with van der Waals surface area (Å²) in [5, 5.41) is 0. The topological polar surface area (TPSA) is 78.3 Å². The first kappa shape index (κ1) is 8.81. The molecule has 2 aliphatic rings. The van der Waals surface area contributed by atoms with Gasteiger partial charge in [0.1, 0.15) is 6.10 Å². The Labute approximate surface area is 77.6 Å². The minimum Gasteiger partial charge on any atom is -0.446 e. The molecule has 0 aliphatic heterocycles. The van der Waals surface area contributed by atoms with Crippen LogP contribution in [0.1, 0.15) is 25.7 Å². The molecule has 0 aromatic heterocycles. The van der Waals surface area contributed by atoms with Crippen LogP contribution in [0, 0.1) is 11.8 Å². The molecule has 2 aliphatic carbocycles. The van der Waals surface area contributed by atoms with E-state index in [4.69, 9.17) is 16.2 Å². The first-order chi connectivity index (χ1) is 6.16. The fourth-order valence-electron chi connectivity index (χ4n) is 2.78. The number of ether oxygens (including phenoxy) is 1. The van der Waals surface area contributed by atoms with Gasteiger partial charge in [0.15, 0.2) is 0 Å². The van der Waals surface area contributed by atoms with Crippen molar-refractivity contribution in [2.24, 2.45) is 23.3 Å². The predicted molar refractivity (Wildman–Crippen MR) is 47.9 cm³/mol. The number of nitrogens with two attached hydrogens (primary N) is 2. The Morgan fingerprint density at radius 2 is 1.77 bits per heavy atom. The quantitative estimate of drug-likeness (QED) is 0.626. The molecule has 2 unspecified atom stereocenters. The van der Waals surface area contributed by atoms with Crippen LogP contribution in [-0.4, -0.2) is 18.2 Å². The van der Waals surface area contributed by atoms with Crippen molar-refractivity contribution in [3.63, 3.8) is 0 Å². The SMILES string of the molecule is NC(=O)OC1CC2CCC(C1)C2N. The standard InChI is InChI=1S/C9H16N2O2/c10-8-5-1-2-6(8)4-7(3-5)13-9(11)12/h5-8H,1-4,10H2,(H2,11,12). The first-order valence-electron chi connectivity index (χ1n) is 4.88. The van der Waals surface area contributed by atoms with Crippen molar-refractivity contribution in [1.82, 2.24) is 0 Å². The van der Waals surface area contributed by atoms with Gasteiger partial charge >= 0.3 is 6.09 Å². The number of primary amides is 1. The van der Waals surface area contributed by atoms with E-state index >= 15 is 0 Å². The second kappa shape index (κ2) is 3.18. The summed E-state index contributed by atoms with van der Waals surface area (Å²) >= 11 is 0. The minimum atomic E-state index is -0.653. The summed E-state index contributed by atoms with van der Waals surface area (Å²) in [5.74, 6) is 1.09. The van der Waals surface area contributed by atoms with Gasteiger partial charge in [-0.2, -0.15) is 0 Å². The number of rotatable bonds is 1. The van der Waals surface area contributed by atoms with Gasteiger partial charge in [0.05, 0.1) is 0 Å². The highest BCUT2D eigenvalue weighted by Gasteiger charge is 2.41. The maximum Gasteiger partial charge on any atom is 0.404 e. The number of hydrogen-bond acceptors (Lipinski definition) is 3. The molecule has 0 spiro atoms. The molecule has 13 heavy (non-hydrogen) atoms. The van der Waals surface area contributed by atoms with E-state index in [0.717, 1.165) is 12.8 Å². The highest BCUT2D eigenvalue weighted by Crippen LogP contribution is 2.42. The fraction of sp³-hybridized carbons (Fsp3) is 0.889. The molecule has 4 N–H and O–H groups in total. The van der Waals surface area contributed by atoms with Crippen LogP contribution in [0.15, 0.2) is 0 Å². The average molecular weight is 184 g/mol. The van der Waals surface area contributed by atoms with Crippen LogP contribution >= 0.6 is 0 Å². The highest BCUT2D eigenvalue weighted by molar-refractivity contribution is 5.64. The van der Waals surface area contributed by atoms with Crippen molar-refractivity contribution in [1.29, 1.82) is 0 Å². The van der Waals surface area contributed by atoms with Gasteiger partial charge in [-0.1, -0.05) is 0 Å². The third kappa shape index (κ3) is 1.63. The van der Waals surface area contributed by atoms with Crippen LogP contribution in [-0.2, 0) is 4.74 Å². The molecule has 4 nitrogen and oxygen atoms in total. The maximum absolute atomic E-state index is 10.6. The van der Waals surface area contributed by atoms with Gasteiger partial charge in [-0.05, 0) is 37.5 Å². The van der Waals surface area contributed by atoms with Gasteiger partial charge in [-0.25, -0.2) is 4.79 Å². The summed E-state index contributed by atoms with van der Waals surface area (Å²) in [6.07, 6.45) is 3.55. The van der Waals surface area contributed by atoms with Crippen LogP contribution in [0.2, 0.25) is 0 Å². The monoisotopic (exact) mass is 184 g/mol. The van der Waals surface area contributed by atoms with Crippen molar-refractivity contribution in [3.05, 3.63) is 0 Å². The van der Waals surface area contributed by atoms with E-state index in [0.29, 0.717) is 17.9 Å². The van der Waals surface area contributed by atoms with Crippen LogP contribution in [0.3, 0.4) is 0 Å². The molecular weight excluding hydrogens is 168 g/mol. The van der Waals surface area contributed by atoms with Crippen LogP contribution in [0.25, 0.3) is 0 Å². The predicted octanol–water partition coefficient (Wildman–Crippen LogP) is 0.598. The molecule has 0 aromatic rings. The van der Waals surface area contributed by atoms with E-state index in [1.54, 1.807) is 0 Å². The number of fused-ring (bicyclic) bond motifs is 2. The van der Waals surface area contributed by atoms with Crippen molar-refractivity contribution >= 4 is 6.09 Å². The van der Waals surface area contributed by atoms with Crippen molar-refractivity contribution in [3.8, 4) is 0 Å². The highest BCUT2D eigenvalue weighted by atomic mass is 16.6. The fourth-order valence-corrected chi connectivity index (χ4v) is 2.78. The second-order valence-corrected chi connectivity index (χ2v) is 4.21. The molecule has 0 heterocycles. The molecule has 2 saturated carbocycles. The molecule has 1 amide bonds. The molecule has 2 rings (SSSR count). The van der Waals surface area contributed by atoms with E-state index in [2.05, 4.69) is 0 Å². The normalized spacial score (nSPS) is 43.2. The Bertz CT molecular complexity index is 206. The van der Waals surface area contributed by atoms with E-state index < -0.39 is 6.09 Å². The lowest BCUT2D eigenvalue weighted by atomic mass is 9.83. The molecule has 2 bridgehead atoms. The van der Waals surface area contributed by atoms with E-state index in [1.807, 2.05) is 0 Å². The molecule has 0 saturated heterocycles. The summed E-state index contributed by atoms with van der Waals surface area (Å²) in [4.78, 5) is 10.6. The summed E-state index contributed by atoms with van der Waals surface area (Å²) in [6.45, 7) is 0. The summed E-state index contributed by atoms with van der Waals surface area (Å²) in [5.41, 5.74) is 11.0. The van der Waals surface area contributed by atoms with E-state index in [1.165, 1.54) is 12.8 Å². The molecule has 2 atom stereocenters. The molecule has 0 aromatic carbocycles. The molecule has 4 heteroatoms. The number of hydrogen-bond donors (Lipinski definition) is 2. The largest absolute Gasteiger partial charge is 0.446 e. The minimum absolute atomic E-state index is 0.0230. The zero-order valence-electron chi connectivity index (χ0n) is 7.61. The van der Waals surface area contributed by atoms with E-state index in [-0.39, 0.29) is 6.10 Å². The molecule has 0 radical (unpaired) electrons. The number of amides is 1. The van der Waals surface area contributed by atoms with Gasteiger partial charge in [0, 0.05) is 6.04 Å². The van der Waals surface area contributed by atoms with Gasteiger partial charge < -0.3 is 16.2 Å². The van der Waals surface area contributed by atoms with Crippen molar-refractivity contribution in [2.75, 3.05) is 0 Å². The Morgan fingerprint density at radius 3 is 2.23 bits per heavy atom. The van der Waals surface area contributed by atoms with E-state index in [9.17, 15) is 4.79 Å². The maximum atomic E-state index is 10.6. The van der Waals surface area contributed by atoms with Crippen LogP contribution in [0.5, 0.6) is 0 Å². The number of carbonyl (C=O) groups excluding carboxylic acids is 1. The Hall–Kier alpha value is -0.770. The molecular formula is C9H16N2O2. The average Bonchev–Trinajstić information content (AvgIpc) is 2.33. The summed E-state index contributed by atoms with van der Waals surface area (Å²) in [7, 11) is 0. The second-order valence-electron chi connectivity index (χ2n) is 4.21. The first-order valence-corrected chi connectivity index (χ1v) is 4.88. The lowest BCUT2D eigenvalue weighted by Crippen LogP contribution is -2.41. The van der Waals surface area contributed by atoms with Crippen LogP contribution < -0.4 is 11.5 Å². The summed E-state index contributed by atoms with van der Waals surface area (Å²) < 4.78 is 5.00. The lowest BCUT2D eigenvalue weighted by Gasteiger charge is -2.32. The Morgan fingerprint density at radius 1 is 1.23 bits per heavy atom. The molecule has 2 fully saturated rings. The van der Waals surface area contributed by atoms with Gasteiger partial charge in [-0.3, -0.25) is 0 Å². The summed E-state index contributed by atoms with van der Waals surface area (Å²) in [6, 6.07) is 0.327. The number of carbonyl (C=O) groups is 1. The molecule has 74 valence electrons. The van der Waals surface area contributed by atoms with Gasteiger partial charge in [0.25, 0.3) is 0 Å². The third-order valence-corrected chi connectivity index (χ3v) is 3.41. The van der Waals surface area contributed by atoms with Crippen LogP contribution in [0.4, 0.5) is 4.79 Å². The smallest absolute Gasteiger partial charge is 0.404 e.